The minimum Gasteiger partial charge on any atom is -0.299 e. The Balaban J connectivity index is 1.86. The SMILES string of the molecule is CC(C)(C)N1CC[C@@H](N2CCC2)C1. The molecule has 2 heteroatoms. The Bertz CT molecular complexity index is 179. The topological polar surface area (TPSA) is 6.48 Å². The van der Waals surface area contributed by atoms with Crippen LogP contribution in [0.15, 0.2) is 0 Å². The van der Waals surface area contributed by atoms with Gasteiger partial charge in [-0.2, -0.15) is 0 Å². The van der Waals surface area contributed by atoms with Crippen LogP contribution >= 0.6 is 0 Å². The minimum atomic E-state index is 0.375. The first-order valence-electron chi connectivity index (χ1n) is 5.56. The average Bonchev–Trinajstić information content (AvgIpc) is 2.29. The Hall–Kier alpha value is -0.0800. The molecule has 2 aliphatic rings. The Morgan fingerprint density at radius 3 is 2.15 bits per heavy atom. The molecule has 76 valence electrons. The van der Waals surface area contributed by atoms with Crippen LogP contribution in [0.2, 0.25) is 0 Å². The molecule has 0 spiro atoms. The zero-order valence-corrected chi connectivity index (χ0v) is 9.21. The summed E-state index contributed by atoms with van der Waals surface area (Å²) in [6.45, 7) is 12.3. The molecule has 0 N–H and O–H groups in total. The largest absolute Gasteiger partial charge is 0.299 e. The Morgan fingerprint density at radius 2 is 1.77 bits per heavy atom. The summed E-state index contributed by atoms with van der Waals surface area (Å²) in [5.74, 6) is 0. The lowest BCUT2D eigenvalue weighted by Crippen LogP contribution is -2.48. The second kappa shape index (κ2) is 3.25. The van der Waals surface area contributed by atoms with E-state index in [1.165, 1.54) is 39.0 Å². The van der Waals surface area contributed by atoms with Gasteiger partial charge in [0.25, 0.3) is 0 Å². The predicted octanol–water partition coefficient (Wildman–Crippen LogP) is 1.56. The number of hydrogen-bond acceptors (Lipinski definition) is 2. The zero-order chi connectivity index (χ0) is 9.47. The van der Waals surface area contributed by atoms with Crippen LogP contribution in [0.25, 0.3) is 0 Å². The minimum absolute atomic E-state index is 0.375. The van der Waals surface area contributed by atoms with Crippen molar-refractivity contribution in [3.63, 3.8) is 0 Å². The third-order valence-electron chi connectivity index (χ3n) is 3.52. The first-order valence-corrected chi connectivity index (χ1v) is 5.56. The summed E-state index contributed by atoms with van der Waals surface area (Å²) in [5, 5.41) is 0. The van der Waals surface area contributed by atoms with E-state index >= 15 is 0 Å². The molecule has 13 heavy (non-hydrogen) atoms. The summed E-state index contributed by atoms with van der Waals surface area (Å²) in [5.41, 5.74) is 0.375. The van der Waals surface area contributed by atoms with Crippen LogP contribution in [0.5, 0.6) is 0 Å². The zero-order valence-electron chi connectivity index (χ0n) is 9.21. The molecule has 0 aromatic heterocycles. The summed E-state index contributed by atoms with van der Waals surface area (Å²) in [6.07, 6.45) is 2.81. The predicted molar refractivity (Wildman–Crippen MR) is 55.9 cm³/mol. The van der Waals surface area contributed by atoms with Gasteiger partial charge >= 0.3 is 0 Å². The molecule has 2 saturated heterocycles. The smallest absolute Gasteiger partial charge is 0.0235 e. The van der Waals surface area contributed by atoms with E-state index in [-0.39, 0.29) is 0 Å². The van der Waals surface area contributed by atoms with Crippen LogP contribution in [0, 0.1) is 0 Å². The fourth-order valence-electron chi connectivity index (χ4n) is 2.35. The molecule has 0 aromatic rings. The molecule has 0 radical (unpaired) electrons. The molecule has 2 fully saturated rings. The summed E-state index contributed by atoms with van der Waals surface area (Å²) in [7, 11) is 0. The van der Waals surface area contributed by atoms with Crippen molar-refractivity contribution in [2.45, 2.75) is 45.2 Å². The third kappa shape index (κ3) is 1.89. The first kappa shape index (κ1) is 9.47. The molecule has 1 atom stereocenters. The third-order valence-corrected chi connectivity index (χ3v) is 3.52. The molecule has 0 amide bonds. The van der Waals surface area contributed by atoms with E-state index < -0.39 is 0 Å². The van der Waals surface area contributed by atoms with Gasteiger partial charge in [-0.3, -0.25) is 9.80 Å². The van der Waals surface area contributed by atoms with Crippen molar-refractivity contribution in [3.05, 3.63) is 0 Å². The maximum absolute atomic E-state index is 2.64. The van der Waals surface area contributed by atoms with E-state index in [0.29, 0.717) is 5.54 Å². The molecule has 0 saturated carbocycles. The highest BCUT2D eigenvalue weighted by atomic mass is 15.3. The maximum atomic E-state index is 2.64. The van der Waals surface area contributed by atoms with Gasteiger partial charge in [0.1, 0.15) is 0 Å². The average molecular weight is 182 g/mol. The van der Waals surface area contributed by atoms with Gasteiger partial charge in [0.2, 0.25) is 0 Å². The lowest BCUT2D eigenvalue weighted by atomic mass is 10.1. The van der Waals surface area contributed by atoms with Crippen LogP contribution < -0.4 is 0 Å². The quantitative estimate of drug-likeness (QED) is 0.607. The molecule has 2 nitrogen and oxygen atoms in total. The highest BCUT2D eigenvalue weighted by molar-refractivity contribution is 4.91. The highest BCUT2D eigenvalue weighted by Gasteiger charge is 2.34. The molecule has 0 unspecified atom stereocenters. The van der Waals surface area contributed by atoms with Crippen molar-refractivity contribution >= 4 is 0 Å². The van der Waals surface area contributed by atoms with Gasteiger partial charge in [-0.15, -0.1) is 0 Å². The van der Waals surface area contributed by atoms with E-state index in [1.54, 1.807) is 0 Å². The van der Waals surface area contributed by atoms with Crippen LogP contribution in [-0.4, -0.2) is 47.6 Å². The molecular weight excluding hydrogens is 160 g/mol. The number of rotatable bonds is 1. The highest BCUT2D eigenvalue weighted by Crippen LogP contribution is 2.25. The monoisotopic (exact) mass is 182 g/mol. The molecule has 2 aliphatic heterocycles. The van der Waals surface area contributed by atoms with E-state index in [2.05, 4.69) is 30.6 Å². The standard InChI is InChI=1S/C11H22N2/c1-11(2,3)13-8-5-10(9-13)12-6-4-7-12/h10H,4-9H2,1-3H3/t10-/m1/s1. The normalized spacial score (nSPS) is 32.1. The van der Waals surface area contributed by atoms with E-state index in [0.717, 1.165) is 6.04 Å². The van der Waals surface area contributed by atoms with Crippen molar-refractivity contribution in [1.82, 2.24) is 9.80 Å². The van der Waals surface area contributed by atoms with Crippen molar-refractivity contribution in [1.29, 1.82) is 0 Å². The second-order valence-electron chi connectivity index (χ2n) is 5.45. The van der Waals surface area contributed by atoms with Crippen molar-refractivity contribution < 1.29 is 0 Å². The summed E-state index contributed by atoms with van der Waals surface area (Å²) >= 11 is 0. The lowest BCUT2D eigenvalue weighted by molar-refractivity contribution is 0.102. The molecule has 0 bridgehead atoms. The van der Waals surface area contributed by atoms with Crippen LogP contribution in [0.1, 0.15) is 33.6 Å². The molecular formula is C11H22N2. The lowest BCUT2D eigenvalue weighted by Gasteiger charge is -2.38. The van der Waals surface area contributed by atoms with Crippen LogP contribution in [0.3, 0.4) is 0 Å². The fraction of sp³-hybridized carbons (Fsp3) is 1.00. The molecule has 0 aromatic carbocycles. The van der Waals surface area contributed by atoms with Crippen LogP contribution in [-0.2, 0) is 0 Å². The molecule has 2 rings (SSSR count). The Kier molecular flexibility index (Phi) is 2.37. The van der Waals surface area contributed by atoms with Gasteiger partial charge in [-0.1, -0.05) is 0 Å². The van der Waals surface area contributed by atoms with Gasteiger partial charge in [0, 0.05) is 24.7 Å². The van der Waals surface area contributed by atoms with Crippen LogP contribution in [0.4, 0.5) is 0 Å². The van der Waals surface area contributed by atoms with Gasteiger partial charge in [0.05, 0.1) is 0 Å². The number of likely N-dealkylation sites (tertiary alicyclic amines) is 2. The number of nitrogens with zero attached hydrogens (tertiary/aromatic N) is 2. The Morgan fingerprint density at radius 1 is 1.08 bits per heavy atom. The fourth-order valence-corrected chi connectivity index (χ4v) is 2.35. The van der Waals surface area contributed by atoms with Gasteiger partial charge in [-0.05, 0) is 46.7 Å². The number of hydrogen-bond donors (Lipinski definition) is 0. The van der Waals surface area contributed by atoms with E-state index in [9.17, 15) is 0 Å². The van der Waals surface area contributed by atoms with E-state index in [4.69, 9.17) is 0 Å². The van der Waals surface area contributed by atoms with Gasteiger partial charge in [-0.25, -0.2) is 0 Å². The summed E-state index contributed by atoms with van der Waals surface area (Å²) in [4.78, 5) is 5.27. The molecule has 0 aliphatic carbocycles. The second-order valence-corrected chi connectivity index (χ2v) is 5.45. The summed E-state index contributed by atoms with van der Waals surface area (Å²) < 4.78 is 0. The van der Waals surface area contributed by atoms with Crippen molar-refractivity contribution in [2.75, 3.05) is 26.2 Å². The van der Waals surface area contributed by atoms with Gasteiger partial charge < -0.3 is 0 Å². The molecule has 2 heterocycles. The first-order chi connectivity index (χ1) is 6.07. The van der Waals surface area contributed by atoms with Gasteiger partial charge in [0.15, 0.2) is 0 Å². The summed E-state index contributed by atoms with van der Waals surface area (Å²) in [6, 6.07) is 0.868. The van der Waals surface area contributed by atoms with E-state index in [1.807, 2.05) is 0 Å². The Labute approximate surface area is 81.9 Å². The maximum Gasteiger partial charge on any atom is 0.0235 e. The van der Waals surface area contributed by atoms with Crippen molar-refractivity contribution in [2.24, 2.45) is 0 Å². The van der Waals surface area contributed by atoms with Crippen molar-refractivity contribution in [3.8, 4) is 0 Å².